The lowest BCUT2D eigenvalue weighted by atomic mass is 9.97. The predicted octanol–water partition coefficient (Wildman–Crippen LogP) is 3.83. The van der Waals surface area contributed by atoms with E-state index in [2.05, 4.69) is 27.2 Å². The third-order valence-corrected chi connectivity index (χ3v) is 5.29. The number of nitrogens with two attached hydrogens (primary N) is 1. The van der Waals surface area contributed by atoms with Crippen molar-refractivity contribution in [2.75, 3.05) is 31.2 Å². The van der Waals surface area contributed by atoms with Crippen LogP contribution in [0.2, 0.25) is 0 Å². The van der Waals surface area contributed by atoms with E-state index in [1.165, 1.54) is 6.07 Å². The minimum absolute atomic E-state index is 0.226. The van der Waals surface area contributed by atoms with E-state index in [1.807, 2.05) is 25.1 Å². The zero-order valence-electron chi connectivity index (χ0n) is 15.7. The maximum Gasteiger partial charge on any atom is 0.220 e. The second-order valence-electron chi connectivity index (χ2n) is 7.34. The van der Waals surface area contributed by atoms with E-state index in [1.54, 1.807) is 12.3 Å². The van der Waals surface area contributed by atoms with Gasteiger partial charge in [0, 0.05) is 23.2 Å². The van der Waals surface area contributed by atoms with Crippen molar-refractivity contribution in [1.82, 2.24) is 14.9 Å². The molecule has 5 nitrogen and oxygen atoms in total. The minimum atomic E-state index is -0.226. The van der Waals surface area contributed by atoms with Gasteiger partial charge in [-0.2, -0.15) is 0 Å². The summed E-state index contributed by atoms with van der Waals surface area (Å²) in [5, 5.41) is 4.47. The molecule has 4 rings (SSSR count). The summed E-state index contributed by atoms with van der Waals surface area (Å²) in [6.07, 6.45) is 3.82. The molecule has 140 valence electrons. The molecule has 2 heterocycles. The van der Waals surface area contributed by atoms with Crippen LogP contribution in [-0.4, -0.2) is 41.0 Å². The van der Waals surface area contributed by atoms with Crippen LogP contribution in [0.15, 0.2) is 36.5 Å². The van der Waals surface area contributed by atoms with E-state index in [9.17, 15) is 4.39 Å². The molecule has 3 N–H and O–H groups in total. The zero-order chi connectivity index (χ0) is 19.0. The highest BCUT2D eigenvalue weighted by molar-refractivity contribution is 5.95. The Morgan fingerprint density at radius 3 is 2.74 bits per heavy atom. The van der Waals surface area contributed by atoms with Gasteiger partial charge in [-0.25, -0.2) is 14.4 Å². The Morgan fingerprint density at radius 1 is 1.22 bits per heavy atom. The lowest BCUT2D eigenvalue weighted by Crippen LogP contribution is -2.36. The molecule has 0 unspecified atom stereocenters. The standard InChI is InChI=1S/C21H24FN5/c1-13-4-3-5-17(22)19(13)14-10-15-12-24-21(23)26-20(15)18(11-14)25-16-6-8-27(2)9-7-16/h3-5,10-12,16,25H,6-9H2,1-2H3,(H2,23,24,26). The average molecular weight is 365 g/mol. The Bertz CT molecular complexity index is 959. The Kier molecular flexibility index (Phi) is 4.66. The van der Waals surface area contributed by atoms with Crippen LogP contribution < -0.4 is 11.1 Å². The number of nitrogens with one attached hydrogen (secondary N) is 1. The fraction of sp³-hybridized carbons (Fsp3) is 0.333. The average Bonchev–Trinajstić information content (AvgIpc) is 2.64. The summed E-state index contributed by atoms with van der Waals surface area (Å²) in [5.74, 6) is 0.0136. The van der Waals surface area contributed by atoms with Crippen LogP contribution >= 0.6 is 0 Å². The first-order valence-electron chi connectivity index (χ1n) is 9.28. The number of nitrogen functional groups attached to an aromatic ring is 1. The van der Waals surface area contributed by atoms with Crippen molar-refractivity contribution in [2.24, 2.45) is 0 Å². The van der Waals surface area contributed by atoms with E-state index in [-0.39, 0.29) is 11.8 Å². The lowest BCUT2D eigenvalue weighted by molar-refractivity contribution is 0.264. The predicted molar refractivity (Wildman–Crippen MR) is 108 cm³/mol. The molecule has 0 bridgehead atoms. The fourth-order valence-electron chi connectivity index (χ4n) is 3.78. The first kappa shape index (κ1) is 17.7. The molecule has 2 aromatic carbocycles. The molecule has 0 atom stereocenters. The van der Waals surface area contributed by atoms with Crippen molar-refractivity contribution < 1.29 is 4.39 Å². The van der Waals surface area contributed by atoms with Gasteiger partial charge in [0.1, 0.15) is 5.82 Å². The van der Waals surface area contributed by atoms with Gasteiger partial charge in [-0.1, -0.05) is 12.1 Å². The molecule has 0 radical (unpaired) electrons. The van der Waals surface area contributed by atoms with Gasteiger partial charge in [0.2, 0.25) is 5.95 Å². The first-order valence-corrected chi connectivity index (χ1v) is 9.28. The monoisotopic (exact) mass is 365 g/mol. The lowest BCUT2D eigenvalue weighted by Gasteiger charge is -2.30. The number of benzene rings is 2. The van der Waals surface area contributed by atoms with Crippen LogP contribution in [0.3, 0.4) is 0 Å². The van der Waals surface area contributed by atoms with Crippen molar-refractivity contribution >= 4 is 22.5 Å². The van der Waals surface area contributed by atoms with E-state index < -0.39 is 0 Å². The van der Waals surface area contributed by atoms with Gasteiger partial charge in [-0.05, 0) is 69.2 Å². The Balaban J connectivity index is 1.81. The largest absolute Gasteiger partial charge is 0.380 e. The van der Waals surface area contributed by atoms with Gasteiger partial charge in [0.15, 0.2) is 0 Å². The second-order valence-corrected chi connectivity index (χ2v) is 7.34. The number of halogens is 1. The van der Waals surface area contributed by atoms with Crippen molar-refractivity contribution in [3.8, 4) is 11.1 Å². The van der Waals surface area contributed by atoms with Crippen molar-refractivity contribution in [3.05, 3.63) is 47.9 Å². The van der Waals surface area contributed by atoms with Gasteiger partial charge < -0.3 is 16.0 Å². The third-order valence-electron chi connectivity index (χ3n) is 5.29. The molecular formula is C21H24FN5. The number of fused-ring (bicyclic) bond motifs is 1. The highest BCUT2D eigenvalue weighted by atomic mass is 19.1. The summed E-state index contributed by atoms with van der Waals surface area (Å²) >= 11 is 0. The van der Waals surface area contributed by atoms with E-state index in [0.717, 1.165) is 53.6 Å². The number of aromatic nitrogens is 2. The van der Waals surface area contributed by atoms with Crippen LogP contribution in [0.25, 0.3) is 22.0 Å². The van der Waals surface area contributed by atoms with E-state index in [0.29, 0.717) is 11.6 Å². The number of piperidine rings is 1. The van der Waals surface area contributed by atoms with Gasteiger partial charge in [0.05, 0.1) is 11.2 Å². The molecule has 0 spiro atoms. The van der Waals surface area contributed by atoms with Crippen molar-refractivity contribution in [3.63, 3.8) is 0 Å². The maximum atomic E-state index is 14.6. The Hall–Kier alpha value is -2.73. The summed E-state index contributed by atoms with van der Waals surface area (Å²) < 4.78 is 14.6. The number of hydrogen-bond donors (Lipinski definition) is 2. The van der Waals surface area contributed by atoms with Crippen molar-refractivity contribution in [1.29, 1.82) is 0 Å². The molecular weight excluding hydrogens is 341 g/mol. The van der Waals surface area contributed by atoms with Crippen LogP contribution in [0, 0.1) is 12.7 Å². The number of rotatable bonds is 3. The molecule has 0 saturated carbocycles. The summed E-state index contributed by atoms with van der Waals surface area (Å²) in [6.45, 7) is 4.03. The summed E-state index contributed by atoms with van der Waals surface area (Å²) in [4.78, 5) is 10.9. The Morgan fingerprint density at radius 2 is 2.00 bits per heavy atom. The first-order chi connectivity index (χ1) is 13.0. The number of likely N-dealkylation sites (tertiary alicyclic amines) is 1. The summed E-state index contributed by atoms with van der Waals surface area (Å²) in [5.41, 5.74) is 9.82. The van der Waals surface area contributed by atoms with Gasteiger partial charge in [-0.3, -0.25) is 0 Å². The van der Waals surface area contributed by atoms with E-state index >= 15 is 0 Å². The second kappa shape index (κ2) is 7.12. The fourth-order valence-corrected chi connectivity index (χ4v) is 3.78. The number of anilines is 2. The van der Waals surface area contributed by atoms with E-state index in [4.69, 9.17) is 5.73 Å². The van der Waals surface area contributed by atoms with Crippen molar-refractivity contribution in [2.45, 2.75) is 25.8 Å². The molecule has 1 saturated heterocycles. The van der Waals surface area contributed by atoms with Crippen LogP contribution in [0.5, 0.6) is 0 Å². The zero-order valence-corrected chi connectivity index (χ0v) is 15.7. The van der Waals surface area contributed by atoms with Gasteiger partial charge in [-0.15, -0.1) is 0 Å². The number of hydrogen-bond acceptors (Lipinski definition) is 5. The molecule has 3 aromatic rings. The quantitative estimate of drug-likeness (QED) is 0.738. The Labute approximate surface area is 158 Å². The minimum Gasteiger partial charge on any atom is -0.380 e. The number of nitrogens with zero attached hydrogens (tertiary/aromatic N) is 3. The highest BCUT2D eigenvalue weighted by Gasteiger charge is 2.19. The summed E-state index contributed by atoms with van der Waals surface area (Å²) in [6, 6.07) is 9.43. The topological polar surface area (TPSA) is 67.1 Å². The van der Waals surface area contributed by atoms with Gasteiger partial charge in [0.25, 0.3) is 0 Å². The van der Waals surface area contributed by atoms with Crippen LogP contribution in [0.1, 0.15) is 18.4 Å². The molecule has 0 aliphatic carbocycles. The molecule has 27 heavy (non-hydrogen) atoms. The number of aryl methyl sites for hydroxylation is 1. The SMILES string of the molecule is Cc1cccc(F)c1-c1cc(NC2CCN(C)CC2)c2nc(N)ncc2c1. The molecule has 1 aromatic heterocycles. The molecule has 6 heteroatoms. The maximum absolute atomic E-state index is 14.6. The molecule has 1 aliphatic heterocycles. The highest BCUT2D eigenvalue weighted by Crippen LogP contribution is 2.34. The molecule has 1 aliphatic rings. The summed E-state index contributed by atoms with van der Waals surface area (Å²) in [7, 11) is 2.14. The normalized spacial score (nSPS) is 16.0. The molecule has 0 amide bonds. The van der Waals surface area contributed by atoms with Crippen LogP contribution in [0.4, 0.5) is 16.0 Å². The smallest absolute Gasteiger partial charge is 0.220 e. The third kappa shape index (κ3) is 3.57. The molecule has 1 fully saturated rings. The van der Waals surface area contributed by atoms with Crippen LogP contribution in [-0.2, 0) is 0 Å². The van der Waals surface area contributed by atoms with Gasteiger partial charge >= 0.3 is 0 Å².